The van der Waals surface area contributed by atoms with Gasteiger partial charge in [-0.15, -0.1) is 0 Å². The second-order valence-corrected chi connectivity index (χ2v) is 3.50. The summed E-state index contributed by atoms with van der Waals surface area (Å²) in [6.45, 7) is 0. The van der Waals surface area contributed by atoms with Crippen LogP contribution in [0.1, 0.15) is 23.5 Å². The van der Waals surface area contributed by atoms with Crippen molar-refractivity contribution in [2.75, 3.05) is 0 Å². The van der Waals surface area contributed by atoms with Crippen LogP contribution in [0, 0.1) is 11.3 Å². The summed E-state index contributed by atoms with van der Waals surface area (Å²) in [7, 11) is 0. The molecule has 0 bridgehead atoms. The smallest absolute Gasteiger partial charge is 0.0718 e. The van der Waals surface area contributed by atoms with Gasteiger partial charge in [0.05, 0.1) is 12.0 Å². The molecule has 1 nitrogen and oxygen atoms in total. The second-order valence-electron chi connectivity index (χ2n) is 3.06. The van der Waals surface area contributed by atoms with Crippen molar-refractivity contribution in [1.29, 1.82) is 5.26 Å². The zero-order valence-electron chi connectivity index (χ0n) is 6.55. The third-order valence-electron chi connectivity index (χ3n) is 2.34. The van der Waals surface area contributed by atoms with Crippen LogP contribution in [0.4, 0.5) is 0 Å². The summed E-state index contributed by atoms with van der Waals surface area (Å²) in [5.74, 6) is 0.0947. The van der Waals surface area contributed by atoms with Gasteiger partial charge in [0, 0.05) is 5.02 Å². The molecule has 60 valence electrons. The van der Waals surface area contributed by atoms with Crippen molar-refractivity contribution in [2.24, 2.45) is 0 Å². The third kappa shape index (κ3) is 1.09. The molecule has 1 aliphatic carbocycles. The molecule has 12 heavy (non-hydrogen) atoms. The SMILES string of the molecule is N#C[C@H]1CCc2cc(Cl)ccc21. The average Bonchev–Trinajstić information content (AvgIpc) is 2.46. The van der Waals surface area contributed by atoms with E-state index < -0.39 is 0 Å². The Hall–Kier alpha value is -1.00. The molecular formula is C10H8ClN. The molecule has 2 rings (SSSR count). The molecule has 0 unspecified atom stereocenters. The maximum Gasteiger partial charge on any atom is 0.0718 e. The van der Waals surface area contributed by atoms with Gasteiger partial charge in [0.25, 0.3) is 0 Å². The van der Waals surface area contributed by atoms with Crippen LogP contribution >= 0.6 is 11.6 Å². The highest BCUT2D eigenvalue weighted by atomic mass is 35.5. The Balaban J connectivity index is 2.49. The molecule has 0 fully saturated rings. The Morgan fingerprint density at radius 1 is 1.50 bits per heavy atom. The number of hydrogen-bond acceptors (Lipinski definition) is 1. The number of halogens is 1. The Labute approximate surface area is 76.6 Å². The molecule has 0 aliphatic heterocycles. The van der Waals surface area contributed by atoms with Gasteiger partial charge < -0.3 is 0 Å². The minimum atomic E-state index is 0.0947. The van der Waals surface area contributed by atoms with Crippen LogP contribution in [0.3, 0.4) is 0 Å². The lowest BCUT2D eigenvalue weighted by molar-refractivity contribution is 0.826. The minimum absolute atomic E-state index is 0.0947. The minimum Gasteiger partial charge on any atom is -0.198 e. The summed E-state index contributed by atoms with van der Waals surface area (Å²) in [5, 5.41) is 9.57. The van der Waals surface area contributed by atoms with Crippen molar-refractivity contribution in [1.82, 2.24) is 0 Å². The zero-order valence-corrected chi connectivity index (χ0v) is 7.30. The lowest BCUT2D eigenvalue weighted by atomic mass is 10.0. The quantitative estimate of drug-likeness (QED) is 0.598. The standard InChI is InChI=1S/C10H8ClN/c11-9-3-4-10-7(5-9)1-2-8(10)6-12/h3-5,8H,1-2H2/t8-/m1/s1. The van der Waals surface area contributed by atoms with Gasteiger partial charge in [-0.25, -0.2) is 0 Å². The topological polar surface area (TPSA) is 23.8 Å². The summed E-state index contributed by atoms with van der Waals surface area (Å²) in [5.41, 5.74) is 2.41. The van der Waals surface area contributed by atoms with Crippen LogP contribution in [0.25, 0.3) is 0 Å². The van der Waals surface area contributed by atoms with E-state index in [2.05, 4.69) is 6.07 Å². The average molecular weight is 178 g/mol. The highest BCUT2D eigenvalue weighted by molar-refractivity contribution is 6.30. The molecule has 1 aliphatic rings. The second kappa shape index (κ2) is 2.80. The normalized spacial score (nSPS) is 20.2. The predicted octanol–water partition coefficient (Wildman–Crippen LogP) is 2.89. The number of nitriles is 1. The number of benzene rings is 1. The summed E-state index contributed by atoms with van der Waals surface area (Å²) in [6, 6.07) is 8.09. The van der Waals surface area contributed by atoms with Crippen LogP contribution in [-0.4, -0.2) is 0 Å². The summed E-state index contributed by atoms with van der Waals surface area (Å²) in [6.07, 6.45) is 1.94. The molecule has 1 aromatic carbocycles. The van der Waals surface area contributed by atoms with E-state index in [9.17, 15) is 0 Å². The fraction of sp³-hybridized carbons (Fsp3) is 0.300. The van der Waals surface area contributed by atoms with E-state index in [0.717, 1.165) is 17.9 Å². The lowest BCUT2D eigenvalue weighted by Crippen LogP contribution is -1.87. The Kier molecular flexibility index (Phi) is 1.78. The van der Waals surface area contributed by atoms with Crippen LogP contribution in [0.5, 0.6) is 0 Å². The summed E-state index contributed by atoms with van der Waals surface area (Å²) >= 11 is 5.83. The van der Waals surface area contributed by atoms with E-state index in [1.54, 1.807) is 0 Å². The first-order valence-electron chi connectivity index (χ1n) is 3.99. The Morgan fingerprint density at radius 3 is 3.08 bits per heavy atom. The van der Waals surface area contributed by atoms with Gasteiger partial charge in [0.1, 0.15) is 0 Å². The largest absolute Gasteiger partial charge is 0.198 e. The molecule has 0 saturated carbocycles. The van der Waals surface area contributed by atoms with Gasteiger partial charge in [-0.3, -0.25) is 0 Å². The highest BCUT2D eigenvalue weighted by Crippen LogP contribution is 2.33. The Bertz CT molecular complexity index is 351. The van der Waals surface area contributed by atoms with E-state index in [1.807, 2.05) is 18.2 Å². The van der Waals surface area contributed by atoms with Crippen LogP contribution in [0.2, 0.25) is 5.02 Å². The summed E-state index contributed by atoms with van der Waals surface area (Å²) in [4.78, 5) is 0. The number of hydrogen-bond donors (Lipinski definition) is 0. The molecule has 0 amide bonds. The number of rotatable bonds is 0. The molecule has 0 aromatic heterocycles. The number of fused-ring (bicyclic) bond motifs is 1. The first-order valence-corrected chi connectivity index (χ1v) is 4.37. The fourth-order valence-corrected chi connectivity index (χ4v) is 1.91. The first-order chi connectivity index (χ1) is 5.81. The predicted molar refractivity (Wildman–Crippen MR) is 48.1 cm³/mol. The van der Waals surface area contributed by atoms with Crippen LogP contribution < -0.4 is 0 Å². The molecule has 1 aromatic rings. The van der Waals surface area contributed by atoms with Gasteiger partial charge in [-0.05, 0) is 36.1 Å². The van der Waals surface area contributed by atoms with Crippen molar-refractivity contribution < 1.29 is 0 Å². The molecular weight excluding hydrogens is 170 g/mol. The zero-order chi connectivity index (χ0) is 8.55. The van der Waals surface area contributed by atoms with Gasteiger partial charge in [0.2, 0.25) is 0 Å². The van der Waals surface area contributed by atoms with Crippen molar-refractivity contribution in [2.45, 2.75) is 18.8 Å². The molecule has 0 heterocycles. The van der Waals surface area contributed by atoms with Gasteiger partial charge >= 0.3 is 0 Å². The number of nitrogens with zero attached hydrogens (tertiary/aromatic N) is 1. The van der Waals surface area contributed by atoms with Crippen molar-refractivity contribution in [3.05, 3.63) is 34.3 Å². The van der Waals surface area contributed by atoms with E-state index >= 15 is 0 Å². The maximum atomic E-state index is 8.80. The van der Waals surface area contributed by atoms with E-state index in [-0.39, 0.29) is 5.92 Å². The van der Waals surface area contributed by atoms with Crippen LogP contribution in [0.15, 0.2) is 18.2 Å². The molecule has 0 saturated heterocycles. The van der Waals surface area contributed by atoms with Gasteiger partial charge in [-0.2, -0.15) is 5.26 Å². The molecule has 1 atom stereocenters. The lowest BCUT2D eigenvalue weighted by Gasteiger charge is -2.00. The van der Waals surface area contributed by atoms with Crippen molar-refractivity contribution >= 4 is 11.6 Å². The van der Waals surface area contributed by atoms with Crippen LogP contribution in [-0.2, 0) is 6.42 Å². The first kappa shape index (κ1) is 7.64. The highest BCUT2D eigenvalue weighted by Gasteiger charge is 2.21. The van der Waals surface area contributed by atoms with Crippen molar-refractivity contribution in [3.63, 3.8) is 0 Å². The molecule has 0 radical (unpaired) electrons. The Morgan fingerprint density at radius 2 is 2.33 bits per heavy atom. The number of aryl methyl sites for hydroxylation is 1. The maximum absolute atomic E-state index is 8.80. The van der Waals surface area contributed by atoms with Gasteiger partial charge in [0.15, 0.2) is 0 Å². The summed E-state index contributed by atoms with van der Waals surface area (Å²) < 4.78 is 0. The van der Waals surface area contributed by atoms with Gasteiger partial charge in [-0.1, -0.05) is 17.7 Å². The molecule has 0 spiro atoms. The van der Waals surface area contributed by atoms with E-state index in [4.69, 9.17) is 16.9 Å². The monoisotopic (exact) mass is 177 g/mol. The fourth-order valence-electron chi connectivity index (χ4n) is 1.72. The molecule has 2 heteroatoms. The van der Waals surface area contributed by atoms with E-state index in [0.29, 0.717) is 0 Å². The van der Waals surface area contributed by atoms with E-state index in [1.165, 1.54) is 11.1 Å². The molecule has 0 N–H and O–H groups in total. The third-order valence-corrected chi connectivity index (χ3v) is 2.57. The van der Waals surface area contributed by atoms with Crippen molar-refractivity contribution in [3.8, 4) is 6.07 Å².